The molecule has 36 heavy (non-hydrogen) atoms. The van der Waals surface area contributed by atoms with Crippen molar-refractivity contribution in [2.75, 3.05) is 29.9 Å². The Kier molecular flexibility index (Phi) is 5.80. The van der Waals surface area contributed by atoms with Crippen LogP contribution in [-0.2, 0) is 0 Å². The molecule has 6 rings (SSSR count). The van der Waals surface area contributed by atoms with Gasteiger partial charge < -0.3 is 19.6 Å². The van der Waals surface area contributed by atoms with Crippen molar-refractivity contribution < 1.29 is 9.32 Å². The lowest BCUT2D eigenvalue weighted by Gasteiger charge is -2.24. The third-order valence-electron chi connectivity index (χ3n) is 6.58. The molecule has 0 aromatic carbocycles. The Hall–Kier alpha value is -4.28. The fourth-order valence-electron chi connectivity index (χ4n) is 4.82. The normalized spacial score (nSPS) is 17.6. The molecule has 2 fully saturated rings. The van der Waals surface area contributed by atoms with Gasteiger partial charge in [0, 0.05) is 49.7 Å². The van der Waals surface area contributed by atoms with Gasteiger partial charge in [-0.05, 0) is 44.7 Å². The number of hydrogen-bond acceptors (Lipinski definition) is 9. The van der Waals surface area contributed by atoms with Gasteiger partial charge in [0.2, 0.25) is 5.95 Å². The van der Waals surface area contributed by atoms with E-state index in [1.807, 2.05) is 42.2 Å². The summed E-state index contributed by atoms with van der Waals surface area (Å²) in [6.07, 6.45) is 5.57. The molecule has 0 saturated carbocycles. The Bertz CT molecular complexity index is 1360. The molecule has 11 heteroatoms. The van der Waals surface area contributed by atoms with E-state index in [4.69, 9.17) is 14.5 Å². The number of nitrogens with one attached hydrogen (secondary N) is 2. The molecule has 184 valence electrons. The summed E-state index contributed by atoms with van der Waals surface area (Å²) in [5.41, 5.74) is 2.74. The number of aromatic nitrogens is 6. The third kappa shape index (κ3) is 4.39. The summed E-state index contributed by atoms with van der Waals surface area (Å²) in [6.45, 7) is 4.17. The number of amides is 1. The number of aromatic amines is 1. The van der Waals surface area contributed by atoms with E-state index < -0.39 is 0 Å². The molecule has 2 aliphatic heterocycles. The molecule has 4 aromatic rings. The van der Waals surface area contributed by atoms with Crippen LogP contribution in [0, 0.1) is 6.92 Å². The summed E-state index contributed by atoms with van der Waals surface area (Å²) in [5, 5.41) is 14.6. The smallest absolute Gasteiger partial charge is 0.272 e. The Balaban J connectivity index is 1.33. The fraction of sp³-hybridized carbons (Fsp3) is 0.360. The van der Waals surface area contributed by atoms with Gasteiger partial charge in [0.25, 0.3) is 5.91 Å². The van der Waals surface area contributed by atoms with Gasteiger partial charge in [-0.3, -0.25) is 14.9 Å². The van der Waals surface area contributed by atoms with Gasteiger partial charge in [-0.15, -0.1) is 0 Å². The van der Waals surface area contributed by atoms with E-state index in [1.54, 1.807) is 12.3 Å². The van der Waals surface area contributed by atoms with Crippen molar-refractivity contribution in [3.05, 3.63) is 59.7 Å². The maximum atomic E-state index is 13.3. The molecule has 0 spiro atoms. The largest absolute Gasteiger partial charge is 0.358 e. The van der Waals surface area contributed by atoms with Crippen LogP contribution in [0.4, 0.5) is 17.6 Å². The third-order valence-corrected chi connectivity index (χ3v) is 6.58. The molecule has 0 bridgehead atoms. The summed E-state index contributed by atoms with van der Waals surface area (Å²) >= 11 is 0. The first kappa shape index (κ1) is 22.2. The van der Waals surface area contributed by atoms with E-state index in [-0.39, 0.29) is 11.9 Å². The van der Waals surface area contributed by atoms with Crippen LogP contribution in [0.3, 0.4) is 0 Å². The first-order chi connectivity index (χ1) is 17.6. The summed E-state index contributed by atoms with van der Waals surface area (Å²) in [7, 11) is 0. The molecule has 11 nitrogen and oxygen atoms in total. The maximum absolute atomic E-state index is 13.3. The molecule has 1 amide bonds. The van der Waals surface area contributed by atoms with Crippen LogP contribution in [0.2, 0.25) is 0 Å². The number of aryl methyl sites for hydroxylation is 1. The van der Waals surface area contributed by atoms with Crippen LogP contribution < -0.4 is 10.2 Å². The summed E-state index contributed by atoms with van der Waals surface area (Å²) in [5.74, 6) is 2.28. The Morgan fingerprint density at radius 3 is 2.72 bits per heavy atom. The highest BCUT2D eigenvalue weighted by Gasteiger charge is 2.33. The molecule has 2 saturated heterocycles. The van der Waals surface area contributed by atoms with Crippen LogP contribution >= 0.6 is 0 Å². The number of rotatable bonds is 6. The molecule has 2 aliphatic rings. The fourth-order valence-corrected chi connectivity index (χ4v) is 4.82. The van der Waals surface area contributed by atoms with Crippen molar-refractivity contribution >= 4 is 23.5 Å². The van der Waals surface area contributed by atoms with Gasteiger partial charge >= 0.3 is 0 Å². The van der Waals surface area contributed by atoms with Crippen molar-refractivity contribution in [1.82, 2.24) is 35.2 Å². The first-order valence-electron chi connectivity index (χ1n) is 12.3. The number of pyridine rings is 1. The average Bonchev–Trinajstić information content (AvgIpc) is 3.71. The summed E-state index contributed by atoms with van der Waals surface area (Å²) in [4.78, 5) is 31.1. The minimum atomic E-state index is -0.0902. The molecule has 4 aromatic heterocycles. The molecule has 2 N–H and O–H groups in total. The van der Waals surface area contributed by atoms with Crippen LogP contribution in [0.15, 0.2) is 47.1 Å². The predicted molar refractivity (Wildman–Crippen MR) is 133 cm³/mol. The number of carbonyl (C=O) groups is 1. The molecule has 0 aliphatic carbocycles. The highest BCUT2D eigenvalue weighted by Crippen LogP contribution is 2.36. The quantitative estimate of drug-likeness (QED) is 0.418. The molecule has 1 unspecified atom stereocenters. The molecular formula is C25H27N9O2. The molecular weight excluding hydrogens is 458 g/mol. The maximum Gasteiger partial charge on any atom is 0.272 e. The topological polar surface area (TPSA) is 129 Å². The SMILES string of the molecule is Cc1cc(Nc2cc(C(=O)N3CCCC3)nc(N3CCCC3c3cc(-c4ccccn4)no3)n2)n[nH]1. The Morgan fingerprint density at radius 1 is 1.06 bits per heavy atom. The monoisotopic (exact) mass is 485 g/mol. The Labute approximate surface area is 207 Å². The predicted octanol–water partition coefficient (Wildman–Crippen LogP) is 3.88. The minimum absolute atomic E-state index is 0.0785. The minimum Gasteiger partial charge on any atom is -0.358 e. The van der Waals surface area contributed by atoms with Gasteiger partial charge in [-0.25, -0.2) is 4.98 Å². The number of anilines is 3. The number of nitrogens with zero attached hydrogens (tertiary/aromatic N) is 7. The molecule has 1 atom stereocenters. The van der Waals surface area contributed by atoms with Crippen LogP contribution in [0.5, 0.6) is 0 Å². The van der Waals surface area contributed by atoms with E-state index in [2.05, 4.69) is 30.6 Å². The molecule has 0 radical (unpaired) electrons. The highest BCUT2D eigenvalue weighted by molar-refractivity contribution is 5.93. The molecule has 6 heterocycles. The second kappa shape index (κ2) is 9.40. The van der Waals surface area contributed by atoms with E-state index in [0.717, 1.165) is 62.5 Å². The number of carbonyl (C=O) groups excluding carboxylic acids is 1. The van der Waals surface area contributed by atoms with Crippen molar-refractivity contribution in [3.8, 4) is 11.4 Å². The van der Waals surface area contributed by atoms with Crippen molar-refractivity contribution in [2.24, 2.45) is 0 Å². The van der Waals surface area contributed by atoms with Gasteiger partial charge in [0.1, 0.15) is 17.2 Å². The average molecular weight is 486 g/mol. The van der Waals surface area contributed by atoms with Crippen molar-refractivity contribution in [2.45, 2.75) is 38.6 Å². The number of H-pyrrole nitrogens is 1. The van der Waals surface area contributed by atoms with E-state index >= 15 is 0 Å². The van der Waals surface area contributed by atoms with E-state index in [1.165, 1.54) is 0 Å². The lowest BCUT2D eigenvalue weighted by molar-refractivity contribution is 0.0787. The van der Waals surface area contributed by atoms with Crippen LogP contribution in [-0.4, -0.2) is 60.7 Å². The lowest BCUT2D eigenvalue weighted by atomic mass is 10.1. The van der Waals surface area contributed by atoms with Gasteiger partial charge in [-0.1, -0.05) is 11.2 Å². The van der Waals surface area contributed by atoms with Crippen molar-refractivity contribution in [3.63, 3.8) is 0 Å². The number of hydrogen-bond donors (Lipinski definition) is 2. The second-order valence-electron chi connectivity index (χ2n) is 9.18. The van der Waals surface area contributed by atoms with Gasteiger partial charge in [0.05, 0.1) is 11.7 Å². The van der Waals surface area contributed by atoms with E-state index in [9.17, 15) is 4.79 Å². The van der Waals surface area contributed by atoms with Crippen LogP contribution in [0.25, 0.3) is 11.4 Å². The highest BCUT2D eigenvalue weighted by atomic mass is 16.5. The standard InChI is InChI=1S/C25H27N9O2/c1-16-13-23(31-30-16)28-22-15-19(24(35)33-10-4-5-11-33)27-25(29-22)34-12-6-8-20(34)21-14-18(32-36-21)17-7-2-3-9-26-17/h2-3,7,9,13-15,20H,4-6,8,10-12H2,1H3,(H2,27,28,29,30,31). The zero-order valence-electron chi connectivity index (χ0n) is 20.0. The summed E-state index contributed by atoms with van der Waals surface area (Å²) in [6, 6.07) is 11.1. The van der Waals surface area contributed by atoms with Gasteiger partial charge in [-0.2, -0.15) is 10.1 Å². The zero-order chi connectivity index (χ0) is 24.5. The zero-order valence-corrected chi connectivity index (χ0v) is 20.0. The van der Waals surface area contributed by atoms with Gasteiger partial charge in [0.15, 0.2) is 11.6 Å². The van der Waals surface area contributed by atoms with Crippen LogP contribution in [0.1, 0.15) is 53.7 Å². The first-order valence-corrected chi connectivity index (χ1v) is 12.3. The van der Waals surface area contributed by atoms with E-state index in [0.29, 0.717) is 29.0 Å². The second-order valence-corrected chi connectivity index (χ2v) is 9.18. The van der Waals surface area contributed by atoms with Crippen molar-refractivity contribution in [1.29, 1.82) is 0 Å². The number of likely N-dealkylation sites (tertiary alicyclic amines) is 1. The summed E-state index contributed by atoms with van der Waals surface area (Å²) < 4.78 is 5.75. The lowest BCUT2D eigenvalue weighted by Crippen LogP contribution is -2.30. The Morgan fingerprint density at radius 2 is 1.94 bits per heavy atom.